The molecule has 1 unspecified atom stereocenters. The predicted octanol–water partition coefficient (Wildman–Crippen LogP) is 7.11. The second-order valence-corrected chi connectivity index (χ2v) is 8.78. The van der Waals surface area contributed by atoms with E-state index in [2.05, 4.69) is 25.1 Å². The first-order chi connectivity index (χ1) is 15.2. The molecule has 3 nitrogen and oxygen atoms in total. The third kappa shape index (κ3) is 3.98. The van der Waals surface area contributed by atoms with Crippen molar-refractivity contribution >= 4 is 49.4 Å². The van der Waals surface area contributed by atoms with Crippen molar-refractivity contribution in [2.75, 3.05) is 0 Å². The van der Waals surface area contributed by atoms with E-state index in [0.29, 0.717) is 26.0 Å². The number of nitrogens with zero attached hydrogens (tertiary/aromatic N) is 1. The lowest BCUT2D eigenvalue weighted by molar-refractivity contribution is 0.352. The zero-order valence-electron chi connectivity index (χ0n) is 15.4. The van der Waals surface area contributed by atoms with Crippen LogP contribution in [-0.2, 0) is 11.1 Å². The minimum atomic E-state index is -2.58. The Kier molecular flexibility index (Phi) is 6.19. The Labute approximate surface area is 193 Å². The normalized spacial score (nSPS) is 12.2. The minimum Gasteiger partial charge on any atom is -0.390 e. The molecule has 32 heavy (non-hydrogen) atoms. The van der Waals surface area contributed by atoms with Crippen LogP contribution in [0.4, 0.5) is 22.0 Å². The van der Waals surface area contributed by atoms with E-state index >= 15 is 0 Å². The molecule has 4 rings (SSSR count). The second kappa shape index (κ2) is 8.76. The van der Waals surface area contributed by atoms with Crippen molar-refractivity contribution in [3.05, 3.63) is 87.2 Å². The highest BCUT2D eigenvalue weighted by Crippen LogP contribution is 2.35. The summed E-state index contributed by atoms with van der Waals surface area (Å²) in [5, 5.41) is 1.71. The Morgan fingerprint density at radius 2 is 1.53 bits per heavy atom. The van der Waals surface area contributed by atoms with E-state index in [9.17, 15) is 26.2 Å². The highest BCUT2D eigenvalue weighted by atomic mass is 79.9. The van der Waals surface area contributed by atoms with Crippen LogP contribution < -0.4 is 4.18 Å². The molecule has 1 aromatic heterocycles. The number of halogens is 7. The van der Waals surface area contributed by atoms with Gasteiger partial charge in [-0.3, -0.25) is 4.98 Å². The molecule has 0 bridgehead atoms. The number of hydrogen-bond donors (Lipinski definition) is 0. The fourth-order valence-corrected chi connectivity index (χ4v) is 4.60. The van der Waals surface area contributed by atoms with Crippen molar-refractivity contribution in [3.8, 4) is 17.0 Å². The number of aromatic nitrogens is 1. The molecule has 0 radical (unpaired) electrons. The van der Waals surface area contributed by atoms with E-state index in [4.69, 9.17) is 11.6 Å². The maximum Gasteiger partial charge on any atom is 0.240 e. The summed E-state index contributed by atoms with van der Waals surface area (Å²) in [5.74, 6) is -12.8. The summed E-state index contributed by atoms with van der Waals surface area (Å²) in [5.41, 5.74) is 1.30. The van der Waals surface area contributed by atoms with E-state index in [1.807, 2.05) is 0 Å². The molecule has 0 saturated carbocycles. The van der Waals surface area contributed by atoms with Gasteiger partial charge in [-0.05, 0) is 35.7 Å². The zero-order valence-corrected chi connectivity index (χ0v) is 18.6. The van der Waals surface area contributed by atoms with Crippen LogP contribution in [0.2, 0.25) is 5.02 Å². The molecule has 0 spiro atoms. The molecule has 4 aromatic rings. The van der Waals surface area contributed by atoms with Gasteiger partial charge in [0, 0.05) is 26.6 Å². The van der Waals surface area contributed by atoms with Crippen molar-refractivity contribution in [2.24, 2.45) is 0 Å². The number of hydrogen-bond acceptors (Lipinski definition) is 3. The lowest BCUT2D eigenvalue weighted by Gasteiger charge is -2.11. The molecule has 0 fully saturated rings. The molecular formula is C21H8BrClF5NO2S. The summed E-state index contributed by atoms with van der Waals surface area (Å²) in [6.07, 6.45) is 1.50. The van der Waals surface area contributed by atoms with Crippen LogP contribution in [0.5, 0.6) is 5.75 Å². The molecule has 0 saturated heterocycles. The van der Waals surface area contributed by atoms with Gasteiger partial charge < -0.3 is 4.18 Å². The van der Waals surface area contributed by atoms with E-state index < -0.39 is 45.9 Å². The van der Waals surface area contributed by atoms with Crippen molar-refractivity contribution in [1.29, 1.82) is 0 Å². The smallest absolute Gasteiger partial charge is 0.240 e. The maximum atomic E-state index is 13.8. The second-order valence-electron chi connectivity index (χ2n) is 6.38. The number of benzene rings is 3. The first-order valence-electron chi connectivity index (χ1n) is 8.64. The van der Waals surface area contributed by atoms with E-state index in [0.717, 1.165) is 5.56 Å². The number of rotatable bonds is 4. The van der Waals surface area contributed by atoms with Gasteiger partial charge in [-0.1, -0.05) is 39.7 Å². The highest BCUT2D eigenvalue weighted by Gasteiger charge is 2.28. The lowest BCUT2D eigenvalue weighted by Crippen LogP contribution is -2.09. The average Bonchev–Trinajstić information content (AvgIpc) is 2.78. The van der Waals surface area contributed by atoms with Crippen LogP contribution in [0, 0.1) is 29.1 Å². The Bertz CT molecular complexity index is 1390. The summed E-state index contributed by atoms with van der Waals surface area (Å²) in [6, 6.07) is 11.0. The standard InChI is InChI=1S/C21H8BrClF5NO2S/c22-14-8-10(23)1-3-13(14)20-12-4-2-11(7-9(12)5-6-29-20)32(30)31-21-18(27)16(25)15(24)17(26)19(21)28/h1-8H. The van der Waals surface area contributed by atoms with E-state index in [1.54, 1.807) is 30.3 Å². The van der Waals surface area contributed by atoms with Crippen molar-refractivity contribution in [3.63, 3.8) is 0 Å². The molecule has 1 heterocycles. The Morgan fingerprint density at radius 1 is 0.875 bits per heavy atom. The van der Waals surface area contributed by atoms with Crippen LogP contribution in [0.25, 0.3) is 22.0 Å². The third-order valence-electron chi connectivity index (χ3n) is 4.44. The Balaban J connectivity index is 1.74. The third-order valence-corrected chi connectivity index (χ3v) is 6.29. The minimum absolute atomic E-state index is 0.0613. The molecule has 0 aliphatic rings. The van der Waals surface area contributed by atoms with Crippen LogP contribution in [-0.4, -0.2) is 9.19 Å². The molecule has 1 atom stereocenters. The quantitative estimate of drug-likeness (QED) is 0.155. The molecule has 0 amide bonds. The van der Waals surface area contributed by atoms with Crippen molar-refractivity contribution < 1.29 is 30.3 Å². The van der Waals surface area contributed by atoms with Gasteiger partial charge in [-0.25, -0.2) is 17.4 Å². The van der Waals surface area contributed by atoms with Gasteiger partial charge in [0.1, 0.15) is 0 Å². The van der Waals surface area contributed by atoms with E-state index in [-0.39, 0.29) is 4.90 Å². The van der Waals surface area contributed by atoms with Gasteiger partial charge in [0.05, 0.1) is 10.6 Å². The van der Waals surface area contributed by atoms with Gasteiger partial charge in [0.2, 0.25) is 45.9 Å². The Morgan fingerprint density at radius 3 is 2.19 bits per heavy atom. The Hall–Kier alpha value is -2.56. The molecule has 3 aromatic carbocycles. The van der Waals surface area contributed by atoms with Gasteiger partial charge in [-0.2, -0.15) is 8.78 Å². The lowest BCUT2D eigenvalue weighted by atomic mass is 10.0. The van der Waals surface area contributed by atoms with Crippen molar-refractivity contribution in [1.82, 2.24) is 4.98 Å². The van der Waals surface area contributed by atoms with Crippen LogP contribution in [0.15, 0.2) is 58.0 Å². The molecule has 0 aliphatic heterocycles. The number of fused-ring (bicyclic) bond motifs is 1. The van der Waals surface area contributed by atoms with Gasteiger partial charge >= 0.3 is 0 Å². The van der Waals surface area contributed by atoms with Gasteiger partial charge in [0.25, 0.3) is 0 Å². The monoisotopic (exact) mass is 547 g/mol. The largest absolute Gasteiger partial charge is 0.390 e. The van der Waals surface area contributed by atoms with Crippen LogP contribution >= 0.6 is 27.5 Å². The summed E-state index contributed by atoms with van der Waals surface area (Å²) in [7, 11) is 0. The average molecular weight is 549 g/mol. The van der Waals surface area contributed by atoms with Crippen LogP contribution in [0.1, 0.15) is 0 Å². The summed E-state index contributed by atoms with van der Waals surface area (Å²) in [4.78, 5) is 4.30. The molecule has 164 valence electrons. The topological polar surface area (TPSA) is 39.2 Å². The first kappa shape index (κ1) is 22.6. The SMILES string of the molecule is O=S(Oc1c(F)c(F)c(F)c(F)c1F)c1ccc2c(-c3ccc(Cl)cc3Br)nccc2c1. The fourth-order valence-electron chi connectivity index (χ4n) is 2.94. The van der Waals surface area contributed by atoms with Gasteiger partial charge in [-0.15, -0.1) is 0 Å². The number of pyridine rings is 1. The zero-order chi connectivity index (χ0) is 23.2. The first-order valence-corrected chi connectivity index (χ1v) is 10.9. The van der Waals surface area contributed by atoms with E-state index in [1.165, 1.54) is 18.3 Å². The van der Waals surface area contributed by atoms with Crippen LogP contribution in [0.3, 0.4) is 0 Å². The molecular weight excluding hydrogens is 541 g/mol. The predicted molar refractivity (Wildman–Crippen MR) is 113 cm³/mol. The van der Waals surface area contributed by atoms with Crippen molar-refractivity contribution in [2.45, 2.75) is 4.90 Å². The highest BCUT2D eigenvalue weighted by molar-refractivity contribution is 9.10. The molecule has 0 N–H and O–H groups in total. The summed E-state index contributed by atoms with van der Waals surface area (Å²) in [6.45, 7) is 0. The summed E-state index contributed by atoms with van der Waals surface area (Å²) < 4.78 is 85.4. The fraction of sp³-hybridized carbons (Fsp3) is 0. The summed E-state index contributed by atoms with van der Waals surface area (Å²) >= 11 is 6.82. The molecule has 11 heteroatoms. The maximum absolute atomic E-state index is 13.8. The van der Waals surface area contributed by atoms with Gasteiger partial charge in [0.15, 0.2) is 0 Å². The molecule has 0 aliphatic carbocycles.